The number of methoxy groups -OCH3 is 2. The van der Waals surface area contributed by atoms with Gasteiger partial charge in [0.2, 0.25) is 0 Å². The van der Waals surface area contributed by atoms with Crippen molar-refractivity contribution in [2.75, 3.05) is 14.2 Å². The van der Waals surface area contributed by atoms with Crippen molar-refractivity contribution in [3.8, 4) is 32.6 Å². The van der Waals surface area contributed by atoms with E-state index in [2.05, 4.69) is 4.98 Å². The second-order valence-corrected chi connectivity index (χ2v) is 6.76. The molecular formula is C15H12ClNO2S2. The van der Waals surface area contributed by atoms with Gasteiger partial charge in [-0.2, -0.15) is 0 Å². The Morgan fingerprint density at radius 2 is 1.95 bits per heavy atom. The van der Waals surface area contributed by atoms with E-state index >= 15 is 0 Å². The molecule has 0 saturated heterocycles. The van der Waals surface area contributed by atoms with Crippen molar-refractivity contribution in [1.82, 2.24) is 4.98 Å². The van der Waals surface area contributed by atoms with E-state index in [1.165, 1.54) is 11.3 Å². The summed E-state index contributed by atoms with van der Waals surface area (Å²) < 4.78 is 11.6. The summed E-state index contributed by atoms with van der Waals surface area (Å²) in [4.78, 5) is 5.74. The van der Waals surface area contributed by atoms with Crippen LogP contribution in [0.1, 0.15) is 0 Å². The number of aromatic nitrogens is 1. The Morgan fingerprint density at radius 3 is 2.62 bits per heavy atom. The number of benzene rings is 1. The SMILES string of the molecule is COc1cccc(-c2nc(-c3ccc(Cl)s3)cs2)c1OC. The molecular weight excluding hydrogens is 326 g/mol. The van der Waals surface area contributed by atoms with Gasteiger partial charge in [-0.05, 0) is 24.3 Å². The van der Waals surface area contributed by atoms with Crippen molar-refractivity contribution < 1.29 is 9.47 Å². The third-order valence-electron chi connectivity index (χ3n) is 2.96. The lowest BCUT2D eigenvalue weighted by molar-refractivity contribution is 0.356. The molecule has 6 heteroatoms. The van der Waals surface area contributed by atoms with Gasteiger partial charge in [-0.1, -0.05) is 17.7 Å². The highest BCUT2D eigenvalue weighted by Crippen LogP contribution is 2.41. The van der Waals surface area contributed by atoms with E-state index in [0.29, 0.717) is 11.5 Å². The number of hydrogen-bond acceptors (Lipinski definition) is 5. The number of thiophene rings is 1. The Labute approximate surface area is 135 Å². The number of nitrogens with zero attached hydrogens (tertiary/aromatic N) is 1. The van der Waals surface area contributed by atoms with Crippen molar-refractivity contribution >= 4 is 34.3 Å². The molecule has 2 aromatic heterocycles. The van der Waals surface area contributed by atoms with Gasteiger partial charge >= 0.3 is 0 Å². The maximum absolute atomic E-state index is 5.98. The molecule has 3 aromatic rings. The summed E-state index contributed by atoms with van der Waals surface area (Å²) in [6.07, 6.45) is 0. The molecule has 0 fully saturated rings. The van der Waals surface area contributed by atoms with Crippen LogP contribution < -0.4 is 9.47 Å². The van der Waals surface area contributed by atoms with E-state index in [0.717, 1.165) is 25.5 Å². The molecule has 0 atom stereocenters. The van der Waals surface area contributed by atoms with Crippen LogP contribution >= 0.6 is 34.3 Å². The van der Waals surface area contributed by atoms with Crippen LogP contribution in [0.3, 0.4) is 0 Å². The first-order valence-corrected chi connectivity index (χ1v) is 8.23. The van der Waals surface area contributed by atoms with Gasteiger partial charge in [0.25, 0.3) is 0 Å². The molecule has 1 aromatic carbocycles. The summed E-state index contributed by atoms with van der Waals surface area (Å²) in [6.45, 7) is 0. The summed E-state index contributed by atoms with van der Waals surface area (Å²) in [5.74, 6) is 1.40. The van der Waals surface area contributed by atoms with Crippen LogP contribution in [0.25, 0.3) is 21.1 Å². The van der Waals surface area contributed by atoms with Crippen LogP contribution in [0.4, 0.5) is 0 Å². The van der Waals surface area contributed by atoms with E-state index in [-0.39, 0.29) is 0 Å². The molecule has 0 unspecified atom stereocenters. The average Bonchev–Trinajstić information content (AvgIpc) is 3.14. The second kappa shape index (κ2) is 6.05. The Hall–Kier alpha value is -1.56. The zero-order valence-electron chi connectivity index (χ0n) is 11.4. The van der Waals surface area contributed by atoms with E-state index in [9.17, 15) is 0 Å². The molecule has 0 aliphatic heterocycles. The maximum atomic E-state index is 5.98. The Bertz CT molecular complexity index is 767. The third-order valence-corrected chi connectivity index (χ3v) is 5.09. The lowest BCUT2D eigenvalue weighted by Gasteiger charge is -2.10. The highest BCUT2D eigenvalue weighted by atomic mass is 35.5. The van der Waals surface area contributed by atoms with Gasteiger partial charge in [0.15, 0.2) is 11.5 Å². The molecule has 0 aliphatic rings. The average molecular weight is 338 g/mol. The molecule has 21 heavy (non-hydrogen) atoms. The van der Waals surface area contributed by atoms with Crippen LogP contribution in [0.2, 0.25) is 4.34 Å². The van der Waals surface area contributed by atoms with Gasteiger partial charge in [0, 0.05) is 5.38 Å². The van der Waals surface area contributed by atoms with Gasteiger partial charge in [-0.15, -0.1) is 22.7 Å². The molecule has 0 N–H and O–H groups in total. The van der Waals surface area contributed by atoms with Gasteiger partial charge in [0.1, 0.15) is 5.01 Å². The van der Waals surface area contributed by atoms with E-state index in [1.807, 2.05) is 35.7 Å². The highest BCUT2D eigenvalue weighted by molar-refractivity contribution is 7.20. The number of para-hydroxylation sites is 1. The first-order chi connectivity index (χ1) is 10.2. The zero-order chi connectivity index (χ0) is 14.8. The standard InChI is InChI=1S/C15H12ClNO2S2/c1-18-11-5-3-4-9(14(11)19-2)15-17-10(8-20-15)12-6-7-13(16)21-12/h3-8H,1-2H3. The molecule has 0 bridgehead atoms. The molecule has 0 aliphatic carbocycles. The Balaban J connectivity index is 2.04. The van der Waals surface area contributed by atoms with Crippen LogP contribution in [-0.4, -0.2) is 19.2 Å². The van der Waals surface area contributed by atoms with E-state index in [4.69, 9.17) is 21.1 Å². The van der Waals surface area contributed by atoms with Gasteiger partial charge in [-0.25, -0.2) is 4.98 Å². The molecule has 108 valence electrons. The minimum Gasteiger partial charge on any atom is -0.493 e. The molecule has 0 spiro atoms. The van der Waals surface area contributed by atoms with Crippen LogP contribution in [0.15, 0.2) is 35.7 Å². The van der Waals surface area contributed by atoms with E-state index in [1.54, 1.807) is 25.6 Å². The largest absolute Gasteiger partial charge is 0.493 e. The summed E-state index contributed by atoms with van der Waals surface area (Å²) in [6, 6.07) is 9.64. The van der Waals surface area contributed by atoms with Crippen molar-refractivity contribution in [1.29, 1.82) is 0 Å². The van der Waals surface area contributed by atoms with Crippen molar-refractivity contribution in [3.05, 3.63) is 40.0 Å². The van der Waals surface area contributed by atoms with Crippen molar-refractivity contribution in [2.24, 2.45) is 0 Å². The molecule has 3 nitrogen and oxygen atoms in total. The fraction of sp³-hybridized carbons (Fsp3) is 0.133. The molecule has 0 radical (unpaired) electrons. The first kappa shape index (κ1) is 14.4. The third kappa shape index (κ3) is 2.77. The molecule has 0 saturated carbocycles. The zero-order valence-corrected chi connectivity index (χ0v) is 13.8. The Kier molecular flexibility index (Phi) is 4.14. The fourth-order valence-electron chi connectivity index (χ4n) is 2.02. The minimum absolute atomic E-state index is 0.699. The van der Waals surface area contributed by atoms with Gasteiger partial charge in [0.05, 0.1) is 34.7 Å². The summed E-state index contributed by atoms with van der Waals surface area (Å²) >= 11 is 9.07. The van der Waals surface area contributed by atoms with E-state index < -0.39 is 0 Å². The monoisotopic (exact) mass is 337 g/mol. The number of hydrogen-bond donors (Lipinski definition) is 0. The van der Waals surface area contributed by atoms with Crippen LogP contribution in [0.5, 0.6) is 11.5 Å². The molecule has 3 rings (SSSR count). The topological polar surface area (TPSA) is 31.4 Å². The van der Waals surface area contributed by atoms with Gasteiger partial charge < -0.3 is 9.47 Å². The predicted octanol–water partition coefficient (Wildman–Crippen LogP) is 5.21. The molecule has 2 heterocycles. The fourth-order valence-corrected chi connectivity index (χ4v) is 3.94. The summed E-state index contributed by atoms with van der Waals surface area (Å²) in [5.41, 5.74) is 1.85. The highest BCUT2D eigenvalue weighted by Gasteiger charge is 2.15. The second-order valence-electron chi connectivity index (χ2n) is 4.18. The van der Waals surface area contributed by atoms with Crippen LogP contribution in [-0.2, 0) is 0 Å². The normalized spacial score (nSPS) is 10.6. The molecule has 0 amide bonds. The van der Waals surface area contributed by atoms with Crippen LogP contribution in [0, 0.1) is 0 Å². The lowest BCUT2D eigenvalue weighted by atomic mass is 10.2. The van der Waals surface area contributed by atoms with Gasteiger partial charge in [-0.3, -0.25) is 0 Å². The number of rotatable bonds is 4. The summed E-state index contributed by atoms with van der Waals surface area (Å²) in [7, 11) is 3.26. The number of ether oxygens (including phenoxy) is 2. The number of thiazole rings is 1. The quantitative estimate of drug-likeness (QED) is 0.655. The minimum atomic E-state index is 0.699. The Morgan fingerprint density at radius 1 is 1.10 bits per heavy atom. The lowest BCUT2D eigenvalue weighted by Crippen LogP contribution is -1.92. The first-order valence-electron chi connectivity index (χ1n) is 6.15. The summed E-state index contributed by atoms with van der Waals surface area (Å²) in [5, 5.41) is 2.92. The van der Waals surface area contributed by atoms with Crippen molar-refractivity contribution in [2.45, 2.75) is 0 Å². The maximum Gasteiger partial charge on any atom is 0.170 e. The predicted molar refractivity (Wildman–Crippen MR) is 89.0 cm³/mol. The number of halogens is 1. The van der Waals surface area contributed by atoms with Crippen molar-refractivity contribution in [3.63, 3.8) is 0 Å². The smallest absolute Gasteiger partial charge is 0.170 e.